The molecule has 0 aromatic heterocycles. The molecule has 0 spiro atoms. The lowest BCUT2D eigenvalue weighted by Gasteiger charge is -2.34. The average molecular weight is 187 g/mol. The minimum atomic E-state index is -1.57. The molecule has 0 aromatic rings. The topological polar surface area (TPSA) is 101 Å². The van der Waals surface area contributed by atoms with Gasteiger partial charge in [-0.15, -0.1) is 0 Å². The quantitative estimate of drug-likeness (QED) is 0.566. The lowest BCUT2D eigenvalue weighted by Crippen LogP contribution is -2.58. The summed E-state index contributed by atoms with van der Waals surface area (Å²) < 4.78 is 0. The Morgan fingerprint density at radius 2 is 1.92 bits per heavy atom. The molecule has 0 heterocycles. The molecular formula is C8H13NO4. The SMILES string of the molecule is NC1(C(=O)O)CCCCC1C(=O)O. The fourth-order valence-electron chi connectivity index (χ4n) is 1.80. The first-order chi connectivity index (χ1) is 5.98. The van der Waals surface area contributed by atoms with Crippen molar-refractivity contribution in [2.24, 2.45) is 11.7 Å². The van der Waals surface area contributed by atoms with Gasteiger partial charge in [0.2, 0.25) is 0 Å². The van der Waals surface area contributed by atoms with Gasteiger partial charge in [0.15, 0.2) is 0 Å². The van der Waals surface area contributed by atoms with Crippen molar-refractivity contribution in [1.82, 2.24) is 0 Å². The molecule has 13 heavy (non-hydrogen) atoms. The highest BCUT2D eigenvalue weighted by atomic mass is 16.4. The zero-order chi connectivity index (χ0) is 10.1. The molecule has 1 saturated carbocycles. The number of hydrogen-bond acceptors (Lipinski definition) is 3. The summed E-state index contributed by atoms with van der Waals surface area (Å²) in [7, 11) is 0. The van der Waals surface area contributed by atoms with Crippen molar-refractivity contribution >= 4 is 11.9 Å². The third-order valence-corrected chi connectivity index (χ3v) is 2.65. The Hall–Kier alpha value is -1.10. The van der Waals surface area contributed by atoms with Crippen molar-refractivity contribution in [1.29, 1.82) is 0 Å². The maximum absolute atomic E-state index is 10.8. The molecule has 74 valence electrons. The zero-order valence-corrected chi connectivity index (χ0v) is 7.19. The standard InChI is InChI=1S/C8H13NO4/c9-8(7(12)13)4-2-1-3-5(8)6(10)11/h5H,1-4,9H2,(H,10,11)(H,12,13). The van der Waals surface area contributed by atoms with Crippen molar-refractivity contribution in [3.63, 3.8) is 0 Å². The molecule has 0 saturated heterocycles. The fraction of sp³-hybridized carbons (Fsp3) is 0.750. The predicted octanol–water partition coefficient (Wildman–Crippen LogP) is 0.0433. The van der Waals surface area contributed by atoms with Crippen LogP contribution in [0.2, 0.25) is 0 Å². The second-order valence-electron chi connectivity index (χ2n) is 3.48. The van der Waals surface area contributed by atoms with Crippen LogP contribution in [0.1, 0.15) is 25.7 Å². The van der Waals surface area contributed by atoms with E-state index in [4.69, 9.17) is 15.9 Å². The second-order valence-corrected chi connectivity index (χ2v) is 3.48. The van der Waals surface area contributed by atoms with Gasteiger partial charge in [0.05, 0.1) is 5.92 Å². The lowest BCUT2D eigenvalue weighted by atomic mass is 9.73. The van der Waals surface area contributed by atoms with Crippen LogP contribution in [0.3, 0.4) is 0 Å². The van der Waals surface area contributed by atoms with Gasteiger partial charge in [-0.05, 0) is 12.8 Å². The van der Waals surface area contributed by atoms with E-state index in [0.717, 1.165) is 6.42 Å². The highest BCUT2D eigenvalue weighted by Gasteiger charge is 2.47. The van der Waals surface area contributed by atoms with Gasteiger partial charge in [-0.1, -0.05) is 12.8 Å². The molecule has 2 atom stereocenters. The molecule has 1 rings (SSSR count). The van der Waals surface area contributed by atoms with Crippen molar-refractivity contribution in [3.8, 4) is 0 Å². The Labute approximate surface area is 75.5 Å². The smallest absolute Gasteiger partial charge is 0.324 e. The molecule has 1 aliphatic rings. The normalized spacial score (nSPS) is 34.1. The lowest BCUT2D eigenvalue weighted by molar-refractivity contribution is -0.157. The van der Waals surface area contributed by atoms with Gasteiger partial charge in [-0.25, -0.2) is 0 Å². The van der Waals surface area contributed by atoms with Crippen LogP contribution >= 0.6 is 0 Å². The molecular weight excluding hydrogens is 174 g/mol. The van der Waals surface area contributed by atoms with Crippen molar-refractivity contribution in [2.75, 3.05) is 0 Å². The van der Waals surface area contributed by atoms with E-state index >= 15 is 0 Å². The molecule has 1 aliphatic carbocycles. The number of carboxylic acid groups (broad SMARTS) is 2. The van der Waals surface area contributed by atoms with Crippen molar-refractivity contribution in [2.45, 2.75) is 31.2 Å². The molecule has 5 heteroatoms. The number of rotatable bonds is 2. The van der Waals surface area contributed by atoms with Gasteiger partial charge in [-0.3, -0.25) is 9.59 Å². The summed E-state index contributed by atoms with van der Waals surface area (Å²) in [5, 5.41) is 17.6. The molecule has 0 bridgehead atoms. The second kappa shape index (κ2) is 3.33. The Kier molecular flexibility index (Phi) is 2.56. The minimum absolute atomic E-state index is 0.249. The summed E-state index contributed by atoms with van der Waals surface area (Å²) in [4.78, 5) is 21.5. The summed E-state index contributed by atoms with van der Waals surface area (Å²) in [6.07, 6.45) is 2.03. The Bertz CT molecular complexity index is 240. The van der Waals surface area contributed by atoms with E-state index in [1.807, 2.05) is 0 Å². The molecule has 0 aliphatic heterocycles. The van der Waals surface area contributed by atoms with E-state index in [-0.39, 0.29) is 6.42 Å². The van der Waals surface area contributed by atoms with Gasteiger partial charge < -0.3 is 15.9 Å². The van der Waals surface area contributed by atoms with Gasteiger partial charge in [0, 0.05) is 0 Å². The number of carboxylic acids is 2. The van der Waals surface area contributed by atoms with Crippen LogP contribution in [0.5, 0.6) is 0 Å². The maximum Gasteiger partial charge on any atom is 0.324 e. The van der Waals surface area contributed by atoms with E-state index in [1.54, 1.807) is 0 Å². The van der Waals surface area contributed by atoms with Crippen LogP contribution in [-0.4, -0.2) is 27.7 Å². The Morgan fingerprint density at radius 3 is 2.31 bits per heavy atom. The van der Waals surface area contributed by atoms with E-state index in [0.29, 0.717) is 12.8 Å². The Morgan fingerprint density at radius 1 is 1.31 bits per heavy atom. The summed E-state index contributed by atoms with van der Waals surface area (Å²) in [5.74, 6) is -3.26. The number of nitrogens with two attached hydrogens (primary N) is 1. The third-order valence-electron chi connectivity index (χ3n) is 2.65. The van der Waals surface area contributed by atoms with E-state index in [2.05, 4.69) is 0 Å². The number of hydrogen-bond donors (Lipinski definition) is 3. The number of carbonyl (C=O) groups is 2. The fourth-order valence-corrected chi connectivity index (χ4v) is 1.80. The monoisotopic (exact) mass is 187 g/mol. The number of aliphatic carboxylic acids is 2. The van der Waals surface area contributed by atoms with Gasteiger partial charge >= 0.3 is 11.9 Å². The summed E-state index contributed by atoms with van der Waals surface area (Å²) >= 11 is 0. The van der Waals surface area contributed by atoms with Crippen LogP contribution in [0.15, 0.2) is 0 Å². The largest absolute Gasteiger partial charge is 0.481 e. The van der Waals surface area contributed by atoms with E-state index in [9.17, 15) is 9.59 Å². The first-order valence-electron chi connectivity index (χ1n) is 4.23. The van der Waals surface area contributed by atoms with Gasteiger partial charge in [0.1, 0.15) is 5.54 Å². The van der Waals surface area contributed by atoms with Gasteiger partial charge in [-0.2, -0.15) is 0 Å². The average Bonchev–Trinajstić information content (AvgIpc) is 2.04. The first kappa shape index (κ1) is 9.98. The van der Waals surface area contributed by atoms with Crippen LogP contribution in [0, 0.1) is 5.92 Å². The minimum Gasteiger partial charge on any atom is -0.481 e. The molecule has 0 amide bonds. The Balaban J connectivity index is 2.89. The molecule has 1 fully saturated rings. The molecule has 2 unspecified atom stereocenters. The van der Waals surface area contributed by atoms with Crippen LogP contribution in [0.25, 0.3) is 0 Å². The van der Waals surface area contributed by atoms with Crippen LogP contribution in [-0.2, 0) is 9.59 Å². The third kappa shape index (κ3) is 1.65. The summed E-state index contributed by atoms with van der Waals surface area (Å²) in [5.41, 5.74) is 4.00. The highest BCUT2D eigenvalue weighted by Crippen LogP contribution is 2.32. The van der Waals surface area contributed by atoms with Crippen LogP contribution in [0.4, 0.5) is 0 Å². The van der Waals surface area contributed by atoms with E-state index < -0.39 is 23.4 Å². The molecule has 4 N–H and O–H groups in total. The summed E-state index contributed by atoms with van der Waals surface area (Å²) in [6, 6.07) is 0. The highest BCUT2D eigenvalue weighted by molar-refractivity contribution is 5.86. The zero-order valence-electron chi connectivity index (χ0n) is 7.19. The molecule has 0 radical (unpaired) electrons. The summed E-state index contributed by atoms with van der Waals surface area (Å²) in [6.45, 7) is 0. The maximum atomic E-state index is 10.8. The predicted molar refractivity (Wildman–Crippen MR) is 44.1 cm³/mol. The van der Waals surface area contributed by atoms with Crippen LogP contribution < -0.4 is 5.73 Å². The van der Waals surface area contributed by atoms with E-state index in [1.165, 1.54) is 0 Å². The van der Waals surface area contributed by atoms with Crippen molar-refractivity contribution in [3.05, 3.63) is 0 Å². The van der Waals surface area contributed by atoms with Crippen molar-refractivity contribution < 1.29 is 19.8 Å². The first-order valence-corrected chi connectivity index (χ1v) is 4.23. The molecule has 5 nitrogen and oxygen atoms in total. The van der Waals surface area contributed by atoms with Gasteiger partial charge in [0.25, 0.3) is 0 Å². The molecule has 0 aromatic carbocycles.